The van der Waals surface area contributed by atoms with Crippen LogP contribution in [0.3, 0.4) is 0 Å². The van der Waals surface area contributed by atoms with Gasteiger partial charge in [-0.2, -0.15) is 8.78 Å². The van der Waals surface area contributed by atoms with E-state index in [-0.39, 0.29) is 44.6 Å². The number of esters is 1. The van der Waals surface area contributed by atoms with E-state index in [9.17, 15) is 52.1 Å². The lowest BCUT2D eigenvalue weighted by molar-refractivity contribution is -0.144. The molecule has 1 aliphatic rings. The molecule has 1 aromatic carbocycles. The van der Waals surface area contributed by atoms with Gasteiger partial charge in [-0.1, -0.05) is 54.0 Å². The zero-order valence-electron chi connectivity index (χ0n) is 39.6. The highest BCUT2D eigenvalue weighted by Gasteiger charge is 2.26. The summed E-state index contributed by atoms with van der Waals surface area (Å²) in [6.45, 7) is 19.4. The maximum absolute atomic E-state index is 13.3. The fraction of sp³-hybridized carbons (Fsp3) is 0.696. The summed E-state index contributed by atoms with van der Waals surface area (Å²) >= 11 is 0. The standard InChI is InChI=1S/C23H45N3O5.C16H19F4NO6.C7H12O/c1-6-9-21(23(30)31)26(11-7-2)16-15-25(18-22(28)29)14-13-24(17-20(5)27)12-10-19(4)8-3;17-11-9-12(18)15(20)16(14(11)19)27-13(23)1-3-24-5-7-26-8-6-25-4-2-21-10-22;1-2-7(8)6-4-3-5-6/h19,21,27H,5-18H2,1-4H3,(H,28,29)(H,30,31);9-10H,1-8H2,(H,21,22);8H,2-5H2,1H3. The number of benzene rings is 1. The molecule has 0 aliphatic heterocycles. The lowest BCUT2D eigenvalue weighted by Gasteiger charge is -2.32. The Kier molecular flexibility index (Phi) is 35.2. The van der Waals surface area contributed by atoms with Crippen LogP contribution in [0.2, 0.25) is 0 Å². The van der Waals surface area contributed by atoms with Crippen LogP contribution in [0.5, 0.6) is 5.75 Å². The molecule has 0 heterocycles. The van der Waals surface area contributed by atoms with Gasteiger partial charge in [-0.15, -0.1) is 0 Å². The zero-order valence-corrected chi connectivity index (χ0v) is 39.6. The van der Waals surface area contributed by atoms with E-state index in [2.05, 4.69) is 35.4 Å². The van der Waals surface area contributed by atoms with E-state index in [1.807, 2.05) is 30.6 Å². The smallest absolute Gasteiger partial charge is 0.320 e. The quantitative estimate of drug-likeness (QED) is 0.00895. The normalized spacial score (nSPS) is 12.9. The summed E-state index contributed by atoms with van der Waals surface area (Å²) in [4.78, 5) is 50.4. The van der Waals surface area contributed by atoms with E-state index in [0.717, 1.165) is 51.5 Å². The monoisotopic (exact) mass is 953 g/mol. The summed E-state index contributed by atoms with van der Waals surface area (Å²) in [5, 5.41) is 40.1. The second-order valence-corrected chi connectivity index (χ2v) is 15.7. The minimum Gasteiger partial charge on any atom is -0.512 e. The van der Waals surface area contributed by atoms with Crippen molar-refractivity contribution in [1.29, 1.82) is 0 Å². The first kappa shape index (κ1) is 61.7. The summed E-state index contributed by atoms with van der Waals surface area (Å²) in [6.07, 6.45) is 8.85. The van der Waals surface area contributed by atoms with E-state index in [4.69, 9.17) is 19.3 Å². The molecule has 1 saturated carbocycles. The predicted octanol–water partition coefficient (Wildman–Crippen LogP) is 6.87. The number of hydrogen-bond donors (Lipinski definition) is 5. The number of allylic oxidation sites excluding steroid dienone is 2. The molecule has 0 saturated heterocycles. The number of hydrogen-bond acceptors (Lipinski definition) is 13. The fourth-order valence-electron chi connectivity index (χ4n) is 6.18. The highest BCUT2D eigenvalue weighted by atomic mass is 19.2. The van der Waals surface area contributed by atoms with Gasteiger partial charge in [-0.25, -0.2) is 8.78 Å². The van der Waals surface area contributed by atoms with Crippen LogP contribution in [0.1, 0.15) is 98.8 Å². The van der Waals surface area contributed by atoms with Crippen LogP contribution in [0.15, 0.2) is 29.7 Å². The summed E-state index contributed by atoms with van der Waals surface area (Å²) in [6, 6.07) is -0.528. The first-order valence-electron chi connectivity index (χ1n) is 22.8. The number of nitrogens with one attached hydrogen (secondary N) is 1. The number of carboxylic acids is 2. The molecular formula is C46H76F4N4O12. The van der Waals surface area contributed by atoms with Crippen LogP contribution in [-0.4, -0.2) is 164 Å². The van der Waals surface area contributed by atoms with Crippen molar-refractivity contribution in [2.75, 3.05) is 98.5 Å². The maximum atomic E-state index is 13.3. The number of nitrogens with zero attached hydrogens (tertiary/aromatic N) is 3. The number of carboxylic acid groups (broad SMARTS) is 2. The van der Waals surface area contributed by atoms with Crippen LogP contribution in [0.4, 0.5) is 17.6 Å². The molecule has 0 bridgehead atoms. The second-order valence-electron chi connectivity index (χ2n) is 15.7. The highest BCUT2D eigenvalue weighted by molar-refractivity contribution is 5.73. The predicted molar refractivity (Wildman–Crippen MR) is 241 cm³/mol. The van der Waals surface area contributed by atoms with Crippen molar-refractivity contribution in [3.63, 3.8) is 0 Å². The van der Waals surface area contributed by atoms with Crippen molar-refractivity contribution in [3.8, 4) is 5.75 Å². The van der Waals surface area contributed by atoms with Gasteiger partial charge in [0.2, 0.25) is 23.8 Å². The number of amides is 1. The van der Waals surface area contributed by atoms with Crippen LogP contribution in [0, 0.1) is 29.2 Å². The third kappa shape index (κ3) is 28.6. The fourth-order valence-corrected chi connectivity index (χ4v) is 6.18. The van der Waals surface area contributed by atoms with Gasteiger partial charge in [0.1, 0.15) is 6.04 Å². The average Bonchev–Trinajstić information content (AvgIpc) is 3.25. The molecule has 380 valence electrons. The molecule has 1 amide bonds. The van der Waals surface area contributed by atoms with Gasteiger partial charge in [-0.05, 0) is 63.1 Å². The first-order valence-corrected chi connectivity index (χ1v) is 22.8. The van der Waals surface area contributed by atoms with Crippen LogP contribution in [-0.2, 0) is 33.4 Å². The number of aliphatic carboxylic acids is 2. The Balaban J connectivity index is 0.00000110. The van der Waals surface area contributed by atoms with E-state index in [1.54, 1.807) is 0 Å². The van der Waals surface area contributed by atoms with Crippen molar-refractivity contribution >= 4 is 24.3 Å². The minimum absolute atomic E-state index is 0.0122. The van der Waals surface area contributed by atoms with Gasteiger partial charge in [0.05, 0.1) is 70.7 Å². The minimum atomic E-state index is -1.79. The molecule has 20 heteroatoms. The number of halogens is 4. The van der Waals surface area contributed by atoms with Gasteiger partial charge < -0.3 is 44.7 Å². The molecule has 0 spiro atoms. The SMILES string of the molecule is C=C(O)CN(CCC(C)CC)CCN(CCN(CCC)C(CCC)C(=O)O)CC(=O)O.CCC(O)=C1CCC1.O=CNCCOCCOCCOCCC(=O)Oc1c(F)c(F)cc(F)c1F. The highest BCUT2D eigenvalue weighted by Crippen LogP contribution is 2.28. The van der Waals surface area contributed by atoms with Gasteiger partial charge in [0, 0.05) is 45.2 Å². The maximum Gasteiger partial charge on any atom is 0.320 e. The third-order valence-electron chi connectivity index (χ3n) is 10.3. The lowest BCUT2D eigenvalue weighted by atomic mass is 9.91. The summed E-state index contributed by atoms with van der Waals surface area (Å²) in [5.74, 6) is -9.87. The Bertz CT molecular complexity index is 1550. The molecular weight excluding hydrogens is 877 g/mol. The van der Waals surface area contributed by atoms with Crippen LogP contribution in [0.25, 0.3) is 0 Å². The van der Waals surface area contributed by atoms with E-state index >= 15 is 0 Å². The van der Waals surface area contributed by atoms with Crippen LogP contribution >= 0.6 is 0 Å². The Labute approximate surface area is 387 Å². The second kappa shape index (κ2) is 37.7. The molecule has 0 aromatic heterocycles. The first-order chi connectivity index (χ1) is 31.4. The zero-order chi connectivity index (χ0) is 49.9. The summed E-state index contributed by atoms with van der Waals surface area (Å²) in [7, 11) is 0. The lowest BCUT2D eigenvalue weighted by Crippen LogP contribution is -2.47. The molecule has 5 N–H and O–H groups in total. The Morgan fingerprint density at radius 2 is 1.33 bits per heavy atom. The summed E-state index contributed by atoms with van der Waals surface area (Å²) in [5.41, 5.74) is 1.28. The van der Waals surface area contributed by atoms with Crippen molar-refractivity contribution in [1.82, 2.24) is 20.0 Å². The van der Waals surface area contributed by atoms with Crippen molar-refractivity contribution < 1.29 is 76.1 Å². The number of aliphatic hydroxyl groups excluding tert-OH is 2. The van der Waals surface area contributed by atoms with E-state index in [1.165, 1.54) is 12.0 Å². The number of rotatable bonds is 35. The number of ether oxygens (including phenoxy) is 4. The van der Waals surface area contributed by atoms with Gasteiger partial charge in [0.15, 0.2) is 11.6 Å². The topological polar surface area (TPSA) is 208 Å². The van der Waals surface area contributed by atoms with Gasteiger partial charge in [-0.3, -0.25) is 33.9 Å². The van der Waals surface area contributed by atoms with Crippen molar-refractivity contribution in [2.45, 2.75) is 105 Å². The van der Waals surface area contributed by atoms with Gasteiger partial charge >= 0.3 is 17.9 Å². The average molecular weight is 953 g/mol. The number of aliphatic hydroxyl groups is 2. The molecule has 66 heavy (non-hydrogen) atoms. The molecule has 1 fully saturated rings. The summed E-state index contributed by atoms with van der Waals surface area (Å²) < 4.78 is 72.3. The number of carbonyl (C=O) groups is 4. The number of carbonyl (C=O) groups excluding carboxylic acids is 2. The Morgan fingerprint density at radius 1 is 0.773 bits per heavy atom. The molecule has 2 rings (SSSR count). The molecule has 0 radical (unpaired) electrons. The molecule has 16 nitrogen and oxygen atoms in total. The van der Waals surface area contributed by atoms with E-state index in [0.29, 0.717) is 90.1 Å². The third-order valence-corrected chi connectivity index (χ3v) is 10.3. The Hall–Kier alpha value is -4.34. The van der Waals surface area contributed by atoms with Crippen LogP contribution < -0.4 is 10.1 Å². The largest absolute Gasteiger partial charge is 0.512 e. The van der Waals surface area contributed by atoms with Crippen molar-refractivity contribution in [2.24, 2.45) is 5.92 Å². The molecule has 2 unspecified atom stereocenters. The van der Waals surface area contributed by atoms with Crippen molar-refractivity contribution in [3.05, 3.63) is 53.0 Å². The Morgan fingerprint density at radius 3 is 1.79 bits per heavy atom. The molecule has 1 aliphatic carbocycles. The van der Waals surface area contributed by atoms with E-state index < -0.39 is 53.0 Å². The van der Waals surface area contributed by atoms with Gasteiger partial charge in [0.25, 0.3) is 0 Å². The molecule has 2 atom stereocenters. The molecule has 1 aromatic rings.